The van der Waals surface area contributed by atoms with E-state index >= 15 is 0 Å². The highest BCUT2D eigenvalue weighted by molar-refractivity contribution is 5.75. The maximum atomic E-state index is 8.69. The second kappa shape index (κ2) is 5.58. The van der Waals surface area contributed by atoms with Crippen LogP contribution in [0.5, 0.6) is 0 Å². The molecule has 2 heterocycles. The number of aromatic nitrogens is 2. The van der Waals surface area contributed by atoms with Gasteiger partial charge in [-0.1, -0.05) is 64.0 Å². The van der Waals surface area contributed by atoms with Crippen LogP contribution in [0.3, 0.4) is 0 Å². The highest BCUT2D eigenvalue weighted by Gasteiger charge is 2.51. The summed E-state index contributed by atoms with van der Waals surface area (Å²) in [5, 5.41) is 0. The molecule has 0 amide bonds. The molecule has 0 radical (unpaired) electrons. The molecule has 0 saturated heterocycles. The number of para-hydroxylation sites is 1. The molecule has 3 aromatic rings. The van der Waals surface area contributed by atoms with Crippen molar-refractivity contribution < 1.29 is 8.79 Å². The van der Waals surface area contributed by atoms with Gasteiger partial charge in [0.15, 0.2) is 7.05 Å². The zero-order chi connectivity index (χ0) is 22.2. The molecule has 1 atom stereocenters. The van der Waals surface area contributed by atoms with Crippen LogP contribution in [-0.2, 0) is 17.9 Å². The van der Waals surface area contributed by atoms with Crippen molar-refractivity contribution in [2.24, 2.45) is 7.05 Å². The van der Waals surface area contributed by atoms with Crippen molar-refractivity contribution in [3.8, 4) is 16.8 Å². The lowest BCUT2D eigenvalue weighted by atomic mass is 9.59. The minimum Gasteiger partial charge on any atom is -0.124 e. The SMILES string of the molecule is [2H]C([2H])([2H])C1(C)c2c(-c3c(C)cccc3C)c[n+](C)n2-c2c(C)cccc2C1(C)C. The Balaban J connectivity index is 2.26. The lowest BCUT2D eigenvalue weighted by Gasteiger charge is -2.46. The molecular weight excluding hydrogens is 328 g/mol. The van der Waals surface area contributed by atoms with Gasteiger partial charge in [0, 0.05) is 14.9 Å². The molecule has 0 N–H and O–H groups in total. The second-order valence-electron chi connectivity index (χ2n) is 8.76. The molecule has 2 aromatic carbocycles. The van der Waals surface area contributed by atoms with E-state index < -0.39 is 17.7 Å². The van der Waals surface area contributed by atoms with Crippen LogP contribution in [0.15, 0.2) is 42.6 Å². The van der Waals surface area contributed by atoms with Gasteiger partial charge in [-0.2, -0.15) is 0 Å². The summed E-state index contributed by atoms with van der Waals surface area (Å²) >= 11 is 0. The number of hydrogen-bond donors (Lipinski definition) is 0. The molecule has 1 aliphatic rings. The molecule has 1 aliphatic heterocycles. The number of fused-ring (bicyclic) bond motifs is 3. The molecular formula is C25H31N2+. The van der Waals surface area contributed by atoms with E-state index in [1.807, 2.05) is 20.0 Å². The fourth-order valence-electron chi connectivity index (χ4n) is 4.76. The van der Waals surface area contributed by atoms with Crippen LogP contribution in [0, 0.1) is 20.8 Å². The molecule has 0 saturated carbocycles. The first kappa shape index (κ1) is 14.7. The molecule has 2 heteroatoms. The molecule has 0 fully saturated rings. The maximum absolute atomic E-state index is 8.69. The van der Waals surface area contributed by atoms with Crippen LogP contribution in [0.25, 0.3) is 16.8 Å². The number of rotatable bonds is 1. The third-order valence-electron chi connectivity index (χ3n) is 6.70. The maximum Gasteiger partial charge on any atom is 0.203 e. The number of aryl methyl sites for hydroxylation is 4. The lowest BCUT2D eigenvalue weighted by molar-refractivity contribution is -0.745. The van der Waals surface area contributed by atoms with Gasteiger partial charge < -0.3 is 0 Å². The zero-order valence-corrected chi connectivity index (χ0v) is 17.4. The predicted octanol–water partition coefficient (Wildman–Crippen LogP) is 5.46. The minimum absolute atomic E-state index is 0.591. The fraction of sp³-hybridized carbons (Fsp3) is 0.400. The molecule has 0 bridgehead atoms. The molecule has 0 aliphatic carbocycles. The van der Waals surface area contributed by atoms with Crippen molar-refractivity contribution in [2.45, 2.75) is 59.2 Å². The number of hydrogen-bond acceptors (Lipinski definition) is 0. The van der Waals surface area contributed by atoms with Gasteiger partial charge in [-0.15, -0.1) is 9.36 Å². The van der Waals surface area contributed by atoms with Gasteiger partial charge in [0.1, 0.15) is 11.4 Å². The van der Waals surface area contributed by atoms with Gasteiger partial charge in [-0.05, 0) is 48.6 Å². The Labute approximate surface area is 167 Å². The van der Waals surface area contributed by atoms with E-state index in [2.05, 4.69) is 80.5 Å². The monoisotopic (exact) mass is 362 g/mol. The van der Waals surface area contributed by atoms with Gasteiger partial charge in [-0.3, -0.25) is 0 Å². The molecule has 2 nitrogen and oxygen atoms in total. The molecule has 0 spiro atoms. The van der Waals surface area contributed by atoms with Gasteiger partial charge in [0.25, 0.3) is 0 Å². The predicted molar refractivity (Wildman–Crippen MR) is 113 cm³/mol. The van der Waals surface area contributed by atoms with E-state index in [0.717, 1.165) is 44.8 Å². The molecule has 1 unspecified atom stereocenters. The molecule has 4 rings (SSSR count). The van der Waals surface area contributed by atoms with Crippen LogP contribution in [0.1, 0.15) is 59.7 Å². The average molecular weight is 363 g/mol. The van der Waals surface area contributed by atoms with Crippen molar-refractivity contribution in [3.63, 3.8) is 0 Å². The quantitative estimate of drug-likeness (QED) is 0.508. The summed E-state index contributed by atoms with van der Waals surface area (Å²) in [4.78, 5) is 0. The molecule has 140 valence electrons. The van der Waals surface area contributed by atoms with Crippen molar-refractivity contribution in [2.75, 3.05) is 0 Å². The average Bonchev–Trinajstić information content (AvgIpc) is 2.96. The Kier molecular flexibility index (Phi) is 3.03. The first-order valence-corrected chi connectivity index (χ1v) is 9.63. The standard InChI is InChI=1S/C25H31N2/c1-16-11-9-12-17(2)21(16)19-15-26(8)27-22-18(3)13-10-14-20(22)24(4,5)25(6,7)23(19)27/h9-15H,1-8H3/q+1/i6D3. The van der Waals surface area contributed by atoms with Crippen LogP contribution >= 0.6 is 0 Å². The third kappa shape index (κ3) is 2.22. The first-order chi connectivity index (χ1) is 13.8. The largest absolute Gasteiger partial charge is 0.203 e. The smallest absolute Gasteiger partial charge is 0.124 e. The summed E-state index contributed by atoms with van der Waals surface area (Å²) in [7, 11) is 2.01. The van der Waals surface area contributed by atoms with E-state index in [-0.39, 0.29) is 0 Å². The summed E-state index contributed by atoms with van der Waals surface area (Å²) in [5.74, 6) is 0. The third-order valence-corrected chi connectivity index (χ3v) is 6.70. The van der Waals surface area contributed by atoms with E-state index in [1.54, 1.807) is 0 Å². The lowest BCUT2D eigenvalue weighted by Crippen LogP contribution is -2.51. The molecule has 27 heavy (non-hydrogen) atoms. The fourth-order valence-corrected chi connectivity index (χ4v) is 4.76. The van der Waals surface area contributed by atoms with E-state index in [9.17, 15) is 0 Å². The Morgan fingerprint density at radius 1 is 0.889 bits per heavy atom. The van der Waals surface area contributed by atoms with Crippen LogP contribution in [-0.4, -0.2) is 4.68 Å². The Bertz CT molecular complexity index is 1150. The summed E-state index contributed by atoms with van der Waals surface area (Å²) in [6.07, 6.45) is 2.10. The van der Waals surface area contributed by atoms with Gasteiger partial charge in [0.05, 0.1) is 5.56 Å². The van der Waals surface area contributed by atoms with E-state index in [1.165, 1.54) is 0 Å². The summed E-state index contributed by atoms with van der Waals surface area (Å²) in [6.45, 7) is 10.2. The van der Waals surface area contributed by atoms with Crippen LogP contribution in [0.2, 0.25) is 0 Å². The summed E-state index contributed by atoms with van der Waals surface area (Å²) in [6, 6.07) is 12.5. The van der Waals surface area contributed by atoms with Crippen LogP contribution in [0.4, 0.5) is 0 Å². The topological polar surface area (TPSA) is 8.81 Å². The van der Waals surface area contributed by atoms with E-state index in [0.29, 0.717) is 0 Å². The van der Waals surface area contributed by atoms with Crippen LogP contribution < -0.4 is 4.68 Å². The van der Waals surface area contributed by atoms with Crippen molar-refractivity contribution >= 4 is 0 Å². The summed E-state index contributed by atoms with van der Waals surface area (Å²) < 4.78 is 30.3. The van der Waals surface area contributed by atoms with Gasteiger partial charge in [-0.25, -0.2) is 0 Å². The second-order valence-corrected chi connectivity index (χ2v) is 8.76. The Hall–Kier alpha value is -2.35. The highest BCUT2D eigenvalue weighted by Crippen LogP contribution is 2.52. The van der Waals surface area contributed by atoms with Crippen molar-refractivity contribution in [1.82, 2.24) is 4.68 Å². The summed E-state index contributed by atoms with van der Waals surface area (Å²) in [5.41, 5.74) is 6.97. The highest BCUT2D eigenvalue weighted by atomic mass is 15.4. The first-order valence-electron chi connectivity index (χ1n) is 11.1. The Morgan fingerprint density at radius 3 is 2.11 bits per heavy atom. The van der Waals surface area contributed by atoms with Crippen molar-refractivity contribution in [3.05, 3.63) is 70.5 Å². The zero-order valence-electron chi connectivity index (χ0n) is 20.4. The number of nitrogens with zero attached hydrogens (tertiary/aromatic N) is 2. The van der Waals surface area contributed by atoms with E-state index in [4.69, 9.17) is 4.11 Å². The van der Waals surface area contributed by atoms with Gasteiger partial charge >= 0.3 is 0 Å². The minimum atomic E-state index is -2.19. The van der Waals surface area contributed by atoms with Gasteiger partial charge in [0.2, 0.25) is 6.20 Å². The Morgan fingerprint density at radius 2 is 1.48 bits per heavy atom. The van der Waals surface area contributed by atoms with Crippen molar-refractivity contribution in [1.29, 1.82) is 0 Å². The normalized spacial score (nSPS) is 22.4. The molecule has 1 aromatic heterocycles. The number of benzene rings is 2.